The second kappa shape index (κ2) is 6.32. The van der Waals surface area contributed by atoms with E-state index in [1.165, 1.54) is 4.90 Å². The summed E-state index contributed by atoms with van der Waals surface area (Å²) in [5.74, 6) is -0.960. The molecule has 1 saturated heterocycles. The number of nitrogens with one attached hydrogen (secondary N) is 2. The van der Waals surface area contributed by atoms with E-state index >= 15 is 0 Å². The average Bonchev–Trinajstić information content (AvgIpc) is 2.29. The van der Waals surface area contributed by atoms with Crippen LogP contribution in [-0.4, -0.2) is 54.2 Å². The number of aliphatic carboxylic acids is 1. The molecule has 0 saturated carbocycles. The topological polar surface area (TPSA) is 81.7 Å². The van der Waals surface area contributed by atoms with Crippen molar-refractivity contribution in [1.29, 1.82) is 0 Å². The summed E-state index contributed by atoms with van der Waals surface area (Å²) in [5.41, 5.74) is 0. The van der Waals surface area contributed by atoms with Crippen LogP contribution in [0.4, 0.5) is 4.79 Å². The molecule has 0 radical (unpaired) electrons. The Balaban J connectivity index is 2.47. The van der Waals surface area contributed by atoms with Crippen LogP contribution in [0.5, 0.6) is 0 Å². The lowest BCUT2D eigenvalue weighted by atomic mass is 10.2. The van der Waals surface area contributed by atoms with Gasteiger partial charge in [-0.15, -0.1) is 0 Å². The maximum absolute atomic E-state index is 11.7. The van der Waals surface area contributed by atoms with Crippen molar-refractivity contribution < 1.29 is 14.7 Å². The van der Waals surface area contributed by atoms with E-state index in [1.54, 1.807) is 0 Å². The number of carbonyl (C=O) groups is 2. The van der Waals surface area contributed by atoms with E-state index in [0.29, 0.717) is 26.2 Å². The van der Waals surface area contributed by atoms with Crippen LogP contribution in [0.3, 0.4) is 0 Å². The van der Waals surface area contributed by atoms with Gasteiger partial charge in [-0.3, -0.25) is 0 Å². The molecule has 16 heavy (non-hydrogen) atoms. The Kier molecular flexibility index (Phi) is 5.04. The highest BCUT2D eigenvalue weighted by Gasteiger charge is 2.31. The van der Waals surface area contributed by atoms with Gasteiger partial charge in [0.15, 0.2) is 0 Å². The Labute approximate surface area is 95.0 Å². The molecule has 0 bridgehead atoms. The molecule has 3 N–H and O–H groups in total. The molecule has 0 aromatic heterocycles. The van der Waals surface area contributed by atoms with Crippen molar-refractivity contribution >= 4 is 12.0 Å². The molecule has 1 aliphatic rings. The molecule has 1 unspecified atom stereocenters. The summed E-state index contributed by atoms with van der Waals surface area (Å²) < 4.78 is 0. The van der Waals surface area contributed by atoms with Crippen molar-refractivity contribution in [2.24, 2.45) is 0 Å². The molecule has 1 atom stereocenters. The van der Waals surface area contributed by atoms with Crippen molar-refractivity contribution in [1.82, 2.24) is 15.5 Å². The molecular weight excluding hydrogens is 210 g/mol. The fourth-order valence-corrected chi connectivity index (χ4v) is 1.64. The molecule has 6 heteroatoms. The highest BCUT2D eigenvalue weighted by atomic mass is 16.4. The molecule has 92 valence electrons. The maximum Gasteiger partial charge on any atom is 0.327 e. The highest BCUT2D eigenvalue weighted by molar-refractivity contribution is 5.83. The third-order valence-electron chi connectivity index (χ3n) is 2.60. The van der Waals surface area contributed by atoms with E-state index in [1.807, 2.05) is 6.92 Å². The number of amides is 2. The molecule has 1 rings (SSSR count). The van der Waals surface area contributed by atoms with Crippen molar-refractivity contribution in [2.45, 2.75) is 25.8 Å². The Hall–Kier alpha value is -1.30. The second-order valence-corrected chi connectivity index (χ2v) is 3.84. The number of hydrogen-bond acceptors (Lipinski definition) is 3. The molecule has 0 aromatic rings. The standard InChI is InChI=1S/C10H19N3O3/c1-2-3-4-12-10(16)13-6-5-11-7-8(13)9(14)15/h8,11H,2-7H2,1H3,(H,12,16)(H,14,15). The van der Waals surface area contributed by atoms with E-state index in [-0.39, 0.29) is 6.03 Å². The van der Waals surface area contributed by atoms with E-state index < -0.39 is 12.0 Å². The summed E-state index contributed by atoms with van der Waals surface area (Å²) >= 11 is 0. The zero-order valence-electron chi connectivity index (χ0n) is 9.53. The van der Waals surface area contributed by atoms with Gasteiger partial charge in [0.1, 0.15) is 6.04 Å². The van der Waals surface area contributed by atoms with Gasteiger partial charge >= 0.3 is 12.0 Å². The normalized spacial score (nSPS) is 20.6. The zero-order valence-corrected chi connectivity index (χ0v) is 9.53. The van der Waals surface area contributed by atoms with Crippen LogP contribution >= 0.6 is 0 Å². The van der Waals surface area contributed by atoms with Gasteiger partial charge in [0.2, 0.25) is 0 Å². The van der Waals surface area contributed by atoms with Gasteiger partial charge in [0.05, 0.1) is 0 Å². The van der Waals surface area contributed by atoms with E-state index in [2.05, 4.69) is 10.6 Å². The predicted octanol–water partition coefficient (Wildman–Crippen LogP) is -0.145. The van der Waals surface area contributed by atoms with Crippen molar-refractivity contribution in [3.8, 4) is 0 Å². The number of piperazine rings is 1. The van der Waals surface area contributed by atoms with Crippen LogP contribution in [0.2, 0.25) is 0 Å². The molecule has 1 heterocycles. The first-order valence-corrected chi connectivity index (χ1v) is 5.64. The minimum absolute atomic E-state index is 0.276. The first-order valence-electron chi connectivity index (χ1n) is 5.64. The monoisotopic (exact) mass is 229 g/mol. The Morgan fingerprint density at radius 2 is 2.31 bits per heavy atom. The zero-order chi connectivity index (χ0) is 12.0. The molecule has 0 aliphatic carbocycles. The molecule has 0 aromatic carbocycles. The Morgan fingerprint density at radius 3 is 2.94 bits per heavy atom. The lowest BCUT2D eigenvalue weighted by Crippen LogP contribution is -2.59. The van der Waals surface area contributed by atoms with Gasteiger partial charge in [-0.2, -0.15) is 0 Å². The fourth-order valence-electron chi connectivity index (χ4n) is 1.64. The SMILES string of the molecule is CCCCNC(=O)N1CCNCC1C(=O)O. The van der Waals surface area contributed by atoms with Crippen LogP contribution in [0.25, 0.3) is 0 Å². The summed E-state index contributed by atoms with van der Waals surface area (Å²) in [6, 6.07) is -1.03. The van der Waals surface area contributed by atoms with E-state index in [0.717, 1.165) is 12.8 Å². The van der Waals surface area contributed by atoms with Crippen LogP contribution in [0.1, 0.15) is 19.8 Å². The molecule has 2 amide bonds. The molecular formula is C10H19N3O3. The van der Waals surface area contributed by atoms with Gasteiger partial charge in [0.25, 0.3) is 0 Å². The summed E-state index contributed by atoms with van der Waals surface area (Å²) in [6.07, 6.45) is 1.92. The number of carbonyl (C=O) groups excluding carboxylic acids is 1. The smallest absolute Gasteiger partial charge is 0.327 e. The molecule has 1 aliphatic heterocycles. The first-order chi connectivity index (χ1) is 7.66. The maximum atomic E-state index is 11.7. The van der Waals surface area contributed by atoms with Crippen molar-refractivity contribution in [2.75, 3.05) is 26.2 Å². The van der Waals surface area contributed by atoms with Gasteiger partial charge in [-0.1, -0.05) is 13.3 Å². The largest absolute Gasteiger partial charge is 0.480 e. The minimum atomic E-state index is -0.960. The molecule has 1 fully saturated rings. The van der Waals surface area contributed by atoms with Gasteiger partial charge in [-0.25, -0.2) is 9.59 Å². The first kappa shape index (κ1) is 12.8. The molecule has 0 spiro atoms. The number of hydrogen-bond donors (Lipinski definition) is 3. The number of rotatable bonds is 4. The number of carboxylic acids is 1. The van der Waals surface area contributed by atoms with Gasteiger partial charge in [0, 0.05) is 26.2 Å². The summed E-state index contributed by atoms with van der Waals surface area (Å²) in [4.78, 5) is 24.0. The third kappa shape index (κ3) is 3.37. The third-order valence-corrected chi connectivity index (χ3v) is 2.60. The second-order valence-electron chi connectivity index (χ2n) is 3.84. The van der Waals surface area contributed by atoms with Crippen molar-refractivity contribution in [3.05, 3.63) is 0 Å². The summed E-state index contributed by atoms with van der Waals surface area (Å²) in [7, 11) is 0. The lowest BCUT2D eigenvalue weighted by Gasteiger charge is -2.33. The van der Waals surface area contributed by atoms with Crippen LogP contribution in [0, 0.1) is 0 Å². The Morgan fingerprint density at radius 1 is 1.56 bits per heavy atom. The van der Waals surface area contributed by atoms with E-state index in [9.17, 15) is 9.59 Å². The average molecular weight is 229 g/mol. The van der Waals surface area contributed by atoms with Gasteiger partial charge < -0.3 is 20.6 Å². The fraction of sp³-hybridized carbons (Fsp3) is 0.800. The highest BCUT2D eigenvalue weighted by Crippen LogP contribution is 2.04. The predicted molar refractivity (Wildman–Crippen MR) is 59.3 cm³/mol. The van der Waals surface area contributed by atoms with Gasteiger partial charge in [-0.05, 0) is 6.42 Å². The van der Waals surface area contributed by atoms with Crippen molar-refractivity contribution in [3.63, 3.8) is 0 Å². The number of unbranched alkanes of at least 4 members (excludes halogenated alkanes) is 1. The number of urea groups is 1. The number of carboxylic acid groups (broad SMARTS) is 1. The van der Waals surface area contributed by atoms with Crippen LogP contribution < -0.4 is 10.6 Å². The summed E-state index contributed by atoms with van der Waals surface area (Å²) in [5, 5.41) is 14.7. The minimum Gasteiger partial charge on any atom is -0.480 e. The van der Waals surface area contributed by atoms with E-state index in [4.69, 9.17) is 5.11 Å². The Bertz CT molecular complexity index is 258. The summed E-state index contributed by atoms with van der Waals surface area (Å²) in [6.45, 7) is 4.04. The quantitative estimate of drug-likeness (QED) is 0.586. The lowest BCUT2D eigenvalue weighted by molar-refractivity contribution is -0.142. The van der Waals surface area contributed by atoms with Crippen LogP contribution in [-0.2, 0) is 4.79 Å². The van der Waals surface area contributed by atoms with Crippen LogP contribution in [0.15, 0.2) is 0 Å². The molecule has 6 nitrogen and oxygen atoms in total. The number of nitrogens with zero attached hydrogens (tertiary/aromatic N) is 1.